The second kappa shape index (κ2) is 9.12. The van der Waals surface area contributed by atoms with Gasteiger partial charge in [-0.05, 0) is 39.0 Å². The molecular formula is C16H30N2O5S. The van der Waals surface area contributed by atoms with E-state index in [2.05, 4.69) is 10.0 Å². The van der Waals surface area contributed by atoms with E-state index in [9.17, 15) is 18.3 Å². The molecule has 0 bridgehead atoms. The molecule has 1 saturated carbocycles. The van der Waals surface area contributed by atoms with Crippen molar-refractivity contribution in [3.05, 3.63) is 0 Å². The standard InChI is InChI=1S/C16H30N2O5S/c1-2-24(21,22)17-10-9-13-7-8-14(15(11-19)23-13)18-16(20)12-5-3-4-6-12/h12-15,17,19H,2-11H2,1H3,(H,18,20)/t13-,14+,15+/m0/s1. The first kappa shape index (κ1) is 19.6. The molecule has 1 aliphatic carbocycles. The lowest BCUT2D eigenvalue weighted by atomic mass is 9.96. The summed E-state index contributed by atoms with van der Waals surface area (Å²) in [6.07, 6.45) is 5.66. The Balaban J connectivity index is 1.77. The highest BCUT2D eigenvalue weighted by atomic mass is 32.2. The summed E-state index contributed by atoms with van der Waals surface area (Å²) in [5, 5.41) is 12.6. The molecule has 1 saturated heterocycles. The minimum atomic E-state index is -3.19. The number of nitrogens with one attached hydrogen (secondary N) is 2. The van der Waals surface area contributed by atoms with Crippen molar-refractivity contribution in [1.29, 1.82) is 0 Å². The number of aliphatic hydroxyl groups is 1. The van der Waals surface area contributed by atoms with E-state index in [-0.39, 0.29) is 36.3 Å². The normalized spacial score (nSPS) is 28.8. The summed E-state index contributed by atoms with van der Waals surface area (Å²) in [7, 11) is -3.19. The number of hydrogen-bond donors (Lipinski definition) is 3. The number of hydrogen-bond acceptors (Lipinski definition) is 5. The van der Waals surface area contributed by atoms with Gasteiger partial charge in [-0.15, -0.1) is 0 Å². The van der Waals surface area contributed by atoms with Gasteiger partial charge in [0.1, 0.15) is 6.10 Å². The van der Waals surface area contributed by atoms with Crippen molar-refractivity contribution in [2.24, 2.45) is 5.92 Å². The number of carbonyl (C=O) groups excluding carboxylic acids is 1. The van der Waals surface area contributed by atoms with Crippen LogP contribution in [0.5, 0.6) is 0 Å². The molecule has 8 heteroatoms. The van der Waals surface area contributed by atoms with Gasteiger partial charge in [0.05, 0.1) is 24.5 Å². The van der Waals surface area contributed by atoms with Crippen LogP contribution in [0, 0.1) is 5.92 Å². The topological polar surface area (TPSA) is 105 Å². The zero-order chi connectivity index (χ0) is 17.6. The number of ether oxygens (including phenoxy) is 1. The van der Waals surface area contributed by atoms with E-state index in [1.54, 1.807) is 6.92 Å². The van der Waals surface area contributed by atoms with E-state index in [4.69, 9.17) is 4.74 Å². The van der Waals surface area contributed by atoms with E-state index in [0.29, 0.717) is 13.0 Å². The van der Waals surface area contributed by atoms with Crippen molar-refractivity contribution in [1.82, 2.24) is 10.0 Å². The first-order chi connectivity index (χ1) is 11.4. The van der Waals surface area contributed by atoms with E-state index < -0.39 is 16.1 Å². The van der Waals surface area contributed by atoms with Crippen LogP contribution in [0.3, 0.4) is 0 Å². The maximum Gasteiger partial charge on any atom is 0.223 e. The molecule has 3 N–H and O–H groups in total. The molecule has 140 valence electrons. The van der Waals surface area contributed by atoms with E-state index in [0.717, 1.165) is 38.5 Å². The Labute approximate surface area is 144 Å². The predicted molar refractivity (Wildman–Crippen MR) is 91.0 cm³/mol. The highest BCUT2D eigenvalue weighted by Gasteiger charge is 2.33. The van der Waals surface area contributed by atoms with Gasteiger partial charge < -0.3 is 15.2 Å². The number of aliphatic hydroxyl groups excluding tert-OH is 1. The van der Waals surface area contributed by atoms with Crippen molar-refractivity contribution >= 4 is 15.9 Å². The smallest absolute Gasteiger partial charge is 0.223 e. The zero-order valence-electron chi connectivity index (χ0n) is 14.4. The van der Waals surface area contributed by atoms with Crippen LogP contribution in [0.15, 0.2) is 0 Å². The zero-order valence-corrected chi connectivity index (χ0v) is 15.2. The molecule has 7 nitrogen and oxygen atoms in total. The minimum Gasteiger partial charge on any atom is -0.394 e. The molecule has 2 rings (SSSR count). The average molecular weight is 362 g/mol. The van der Waals surface area contributed by atoms with E-state index >= 15 is 0 Å². The summed E-state index contributed by atoms with van der Waals surface area (Å²) in [4.78, 5) is 12.2. The Kier molecular flexibility index (Phi) is 7.46. The molecule has 1 aliphatic heterocycles. The number of rotatable bonds is 8. The molecule has 0 radical (unpaired) electrons. The van der Waals surface area contributed by atoms with Crippen molar-refractivity contribution in [3.8, 4) is 0 Å². The highest BCUT2D eigenvalue weighted by Crippen LogP contribution is 2.26. The Bertz CT molecular complexity index is 505. The Morgan fingerprint density at radius 2 is 1.92 bits per heavy atom. The van der Waals surface area contributed by atoms with Crippen LogP contribution in [-0.4, -0.2) is 56.6 Å². The molecule has 1 heterocycles. The second-order valence-electron chi connectivity index (χ2n) is 6.74. The minimum absolute atomic E-state index is 0.0626. The van der Waals surface area contributed by atoms with Crippen LogP contribution in [0.25, 0.3) is 0 Å². The van der Waals surface area contributed by atoms with Gasteiger partial charge in [-0.3, -0.25) is 4.79 Å². The summed E-state index contributed by atoms with van der Waals surface area (Å²) in [6.45, 7) is 1.78. The number of carbonyl (C=O) groups is 1. The molecule has 0 aromatic rings. The van der Waals surface area contributed by atoms with Gasteiger partial charge in [0, 0.05) is 12.5 Å². The van der Waals surface area contributed by atoms with E-state index in [1.807, 2.05) is 0 Å². The summed E-state index contributed by atoms with van der Waals surface area (Å²) in [5.74, 6) is 0.242. The summed E-state index contributed by atoms with van der Waals surface area (Å²) >= 11 is 0. The largest absolute Gasteiger partial charge is 0.394 e. The molecule has 2 fully saturated rings. The number of sulfonamides is 1. The quantitative estimate of drug-likeness (QED) is 0.584. The lowest BCUT2D eigenvalue weighted by Gasteiger charge is -2.36. The first-order valence-electron chi connectivity index (χ1n) is 8.99. The number of amides is 1. The van der Waals surface area contributed by atoms with Crippen LogP contribution < -0.4 is 10.0 Å². The summed E-state index contributed by atoms with van der Waals surface area (Å²) in [5.41, 5.74) is 0. The van der Waals surface area contributed by atoms with Crippen molar-refractivity contribution in [2.45, 2.75) is 70.1 Å². The third kappa shape index (κ3) is 5.68. The van der Waals surface area contributed by atoms with Crippen LogP contribution >= 0.6 is 0 Å². The van der Waals surface area contributed by atoms with E-state index in [1.165, 1.54) is 0 Å². The van der Waals surface area contributed by atoms with Gasteiger partial charge in [0.25, 0.3) is 0 Å². The predicted octanol–water partition coefficient (Wildman–Crippen LogP) is 0.531. The first-order valence-corrected chi connectivity index (χ1v) is 10.6. The molecule has 0 spiro atoms. The third-order valence-electron chi connectivity index (χ3n) is 5.02. The van der Waals surface area contributed by atoms with Gasteiger partial charge in [-0.25, -0.2) is 13.1 Å². The van der Waals surface area contributed by atoms with Gasteiger partial charge >= 0.3 is 0 Å². The Morgan fingerprint density at radius 1 is 1.21 bits per heavy atom. The SMILES string of the molecule is CCS(=O)(=O)NCC[C@@H]1CC[C@@H](NC(=O)C2CCCC2)[C@@H](CO)O1. The van der Waals surface area contributed by atoms with Gasteiger partial charge in [-0.1, -0.05) is 12.8 Å². The highest BCUT2D eigenvalue weighted by molar-refractivity contribution is 7.89. The maximum absolute atomic E-state index is 12.2. The Hall–Kier alpha value is -0.700. The van der Waals surface area contributed by atoms with Gasteiger partial charge in [0.2, 0.25) is 15.9 Å². The van der Waals surface area contributed by atoms with Crippen LogP contribution in [0.2, 0.25) is 0 Å². The fourth-order valence-electron chi connectivity index (χ4n) is 3.48. The third-order valence-corrected chi connectivity index (χ3v) is 6.42. The van der Waals surface area contributed by atoms with Crippen molar-refractivity contribution in [2.75, 3.05) is 18.9 Å². The molecule has 24 heavy (non-hydrogen) atoms. The van der Waals surface area contributed by atoms with Crippen molar-refractivity contribution in [3.63, 3.8) is 0 Å². The molecule has 2 aliphatic rings. The maximum atomic E-state index is 12.2. The lowest BCUT2D eigenvalue weighted by molar-refractivity contribution is -0.131. The molecule has 0 aromatic carbocycles. The molecular weight excluding hydrogens is 332 g/mol. The second-order valence-corrected chi connectivity index (χ2v) is 8.83. The molecule has 1 amide bonds. The summed E-state index contributed by atoms with van der Waals surface area (Å²) < 4.78 is 31.2. The molecule has 3 atom stereocenters. The summed E-state index contributed by atoms with van der Waals surface area (Å²) in [6, 6.07) is -0.160. The van der Waals surface area contributed by atoms with Crippen LogP contribution in [-0.2, 0) is 19.6 Å². The fourth-order valence-corrected chi connectivity index (χ4v) is 4.11. The fraction of sp³-hybridized carbons (Fsp3) is 0.938. The Morgan fingerprint density at radius 3 is 2.54 bits per heavy atom. The molecule has 0 aromatic heterocycles. The van der Waals surface area contributed by atoms with Crippen molar-refractivity contribution < 1.29 is 23.1 Å². The molecule has 0 unspecified atom stereocenters. The average Bonchev–Trinajstić information content (AvgIpc) is 3.10. The monoisotopic (exact) mass is 362 g/mol. The van der Waals surface area contributed by atoms with Crippen LogP contribution in [0.4, 0.5) is 0 Å². The lowest BCUT2D eigenvalue weighted by Crippen LogP contribution is -2.52. The van der Waals surface area contributed by atoms with Gasteiger partial charge in [0.15, 0.2) is 0 Å². The van der Waals surface area contributed by atoms with Crippen LogP contribution in [0.1, 0.15) is 51.9 Å². The van der Waals surface area contributed by atoms with Gasteiger partial charge in [-0.2, -0.15) is 0 Å².